The first kappa shape index (κ1) is 20.5. The van der Waals surface area contributed by atoms with Gasteiger partial charge in [-0.15, -0.1) is 0 Å². The van der Waals surface area contributed by atoms with Crippen LogP contribution < -0.4 is 5.32 Å². The van der Waals surface area contributed by atoms with E-state index in [0.717, 1.165) is 53.8 Å². The maximum Gasteiger partial charge on any atom is 0.251 e. The van der Waals surface area contributed by atoms with Gasteiger partial charge in [-0.2, -0.15) is 10.4 Å². The van der Waals surface area contributed by atoms with E-state index < -0.39 is 0 Å². The van der Waals surface area contributed by atoms with Crippen LogP contribution in [0.25, 0.3) is 22.3 Å². The van der Waals surface area contributed by atoms with Gasteiger partial charge in [0.2, 0.25) is 0 Å². The third kappa shape index (κ3) is 3.50. The molecule has 1 amide bonds. The van der Waals surface area contributed by atoms with Crippen molar-refractivity contribution in [1.82, 2.24) is 25.0 Å². The summed E-state index contributed by atoms with van der Waals surface area (Å²) in [6.07, 6.45) is 5.16. The molecule has 5 rings (SSSR count). The number of aryl methyl sites for hydroxylation is 1. The summed E-state index contributed by atoms with van der Waals surface area (Å²) in [5.41, 5.74) is 4.19. The molecule has 0 radical (unpaired) electrons. The largest absolute Gasteiger partial charge is 0.347 e. The highest BCUT2D eigenvalue weighted by molar-refractivity contribution is 6.01. The van der Waals surface area contributed by atoms with E-state index in [1.807, 2.05) is 52.9 Å². The highest BCUT2D eigenvalue weighted by Crippen LogP contribution is 2.37. The molecule has 0 aliphatic carbocycles. The normalized spacial score (nSPS) is 22.0. The van der Waals surface area contributed by atoms with E-state index in [2.05, 4.69) is 30.3 Å². The second kappa shape index (κ2) is 7.94. The van der Waals surface area contributed by atoms with Crippen LogP contribution in [0.3, 0.4) is 0 Å². The van der Waals surface area contributed by atoms with Gasteiger partial charge in [-0.05, 0) is 62.4 Å². The molecule has 1 aromatic carbocycles. The van der Waals surface area contributed by atoms with Crippen molar-refractivity contribution in [3.05, 3.63) is 47.7 Å². The third-order valence-corrected chi connectivity index (χ3v) is 6.65. The van der Waals surface area contributed by atoms with Gasteiger partial charge in [0, 0.05) is 29.2 Å². The van der Waals surface area contributed by atoms with Gasteiger partial charge in [-0.25, -0.2) is 0 Å². The lowest BCUT2D eigenvalue weighted by atomic mass is 9.95. The predicted molar refractivity (Wildman–Crippen MR) is 123 cm³/mol. The Morgan fingerprint density at radius 3 is 2.84 bits per heavy atom. The monoisotopic (exact) mass is 428 g/mol. The number of aromatic nitrogens is 3. The fourth-order valence-corrected chi connectivity index (χ4v) is 5.22. The molecular weight excluding hydrogens is 400 g/mol. The molecule has 1 N–H and O–H groups in total. The number of carbonyl (C=O) groups is 1. The molecule has 2 aliphatic heterocycles. The van der Waals surface area contributed by atoms with Crippen LogP contribution in [0.2, 0.25) is 0 Å². The number of nitrogens with zero attached hydrogens (tertiary/aromatic N) is 5. The van der Waals surface area contributed by atoms with Crippen LogP contribution >= 0.6 is 0 Å². The van der Waals surface area contributed by atoms with Gasteiger partial charge in [-0.1, -0.05) is 19.9 Å². The van der Waals surface area contributed by atoms with Gasteiger partial charge in [0.1, 0.15) is 5.69 Å². The number of nitrogens with one attached hydrogen (secondary N) is 1. The van der Waals surface area contributed by atoms with E-state index in [0.29, 0.717) is 11.5 Å². The summed E-state index contributed by atoms with van der Waals surface area (Å²) in [6, 6.07) is 12.2. The Labute approximate surface area is 188 Å². The van der Waals surface area contributed by atoms with Crippen LogP contribution in [0.1, 0.15) is 49.2 Å². The summed E-state index contributed by atoms with van der Waals surface area (Å²) in [5.74, 6) is 0.328. The number of pyridine rings is 1. The molecule has 32 heavy (non-hydrogen) atoms. The molecule has 7 heteroatoms. The van der Waals surface area contributed by atoms with E-state index in [1.54, 1.807) is 0 Å². The molecule has 2 aromatic heterocycles. The van der Waals surface area contributed by atoms with Crippen LogP contribution in [-0.2, 0) is 6.54 Å². The van der Waals surface area contributed by atoms with Gasteiger partial charge >= 0.3 is 0 Å². The Morgan fingerprint density at radius 2 is 2.12 bits per heavy atom. The van der Waals surface area contributed by atoms with E-state index in [9.17, 15) is 10.1 Å². The number of fused-ring (bicyclic) bond motifs is 3. The first-order chi connectivity index (χ1) is 15.4. The van der Waals surface area contributed by atoms with Gasteiger partial charge in [-0.3, -0.25) is 14.5 Å². The van der Waals surface area contributed by atoms with Crippen LogP contribution in [0, 0.1) is 24.3 Å². The fraction of sp³-hybridized carbons (Fsp3) is 0.440. The minimum Gasteiger partial charge on any atom is -0.347 e. The average molecular weight is 429 g/mol. The van der Waals surface area contributed by atoms with Gasteiger partial charge in [0.25, 0.3) is 5.91 Å². The lowest BCUT2D eigenvalue weighted by Crippen LogP contribution is -2.43. The van der Waals surface area contributed by atoms with Gasteiger partial charge in [0.05, 0.1) is 23.3 Å². The molecule has 7 nitrogen and oxygen atoms in total. The number of hydrogen-bond acceptors (Lipinski definition) is 5. The Bertz CT molecular complexity index is 1220. The van der Waals surface area contributed by atoms with Crippen LogP contribution in [0.4, 0.5) is 0 Å². The second-order valence-corrected chi connectivity index (χ2v) is 9.44. The summed E-state index contributed by atoms with van der Waals surface area (Å²) in [6.45, 7) is 7.05. The van der Waals surface area contributed by atoms with Crippen molar-refractivity contribution in [2.24, 2.45) is 5.92 Å². The summed E-state index contributed by atoms with van der Waals surface area (Å²) in [5, 5.41) is 18.5. The number of carbonyl (C=O) groups excluding carboxylic acids is 1. The van der Waals surface area contributed by atoms with Crippen molar-refractivity contribution in [2.75, 3.05) is 0 Å². The summed E-state index contributed by atoms with van der Waals surface area (Å²) >= 11 is 0. The molecule has 0 saturated carbocycles. The quantitative estimate of drug-likeness (QED) is 0.623. The number of rotatable bonds is 5. The van der Waals surface area contributed by atoms with E-state index >= 15 is 0 Å². The number of benzene rings is 1. The van der Waals surface area contributed by atoms with Crippen molar-refractivity contribution in [3.63, 3.8) is 0 Å². The van der Waals surface area contributed by atoms with Crippen LogP contribution in [0.15, 0.2) is 36.4 Å². The summed E-state index contributed by atoms with van der Waals surface area (Å²) in [4.78, 5) is 19.6. The van der Waals surface area contributed by atoms with Crippen molar-refractivity contribution in [2.45, 2.75) is 64.7 Å². The fourth-order valence-electron chi connectivity index (χ4n) is 5.22. The predicted octanol–water partition coefficient (Wildman–Crippen LogP) is 3.88. The highest BCUT2D eigenvalue weighted by Gasteiger charge is 2.46. The zero-order valence-electron chi connectivity index (χ0n) is 18.7. The van der Waals surface area contributed by atoms with E-state index in [4.69, 9.17) is 5.10 Å². The van der Waals surface area contributed by atoms with E-state index in [-0.39, 0.29) is 24.0 Å². The highest BCUT2D eigenvalue weighted by atomic mass is 16.1. The Hall–Kier alpha value is -3.40. The number of hydrogen-bond donors (Lipinski definition) is 1. The SMILES string of the molecule is Cc1cccc(-c2nn(CC(C)C)c3cc(C(=O)N[C@@H]4C[C@@H]5CC[C@H]4N5C#N)ccc23)n1. The Kier molecular flexibility index (Phi) is 5.09. The molecule has 0 unspecified atom stereocenters. The lowest BCUT2D eigenvalue weighted by Gasteiger charge is -2.22. The maximum absolute atomic E-state index is 13.1. The molecule has 4 heterocycles. The second-order valence-electron chi connectivity index (χ2n) is 9.44. The Morgan fingerprint density at radius 1 is 1.28 bits per heavy atom. The minimum absolute atomic E-state index is 0.0317. The zero-order chi connectivity index (χ0) is 22.4. The van der Waals surface area contributed by atoms with Crippen molar-refractivity contribution in [3.8, 4) is 17.6 Å². The summed E-state index contributed by atoms with van der Waals surface area (Å²) < 4.78 is 1.99. The molecule has 2 aliphatic rings. The molecule has 2 bridgehead atoms. The number of amides is 1. The smallest absolute Gasteiger partial charge is 0.251 e. The lowest BCUT2D eigenvalue weighted by molar-refractivity contribution is 0.0928. The molecular formula is C25H28N6O. The van der Waals surface area contributed by atoms with Crippen molar-refractivity contribution in [1.29, 1.82) is 5.26 Å². The van der Waals surface area contributed by atoms with Crippen LogP contribution in [0.5, 0.6) is 0 Å². The third-order valence-electron chi connectivity index (χ3n) is 6.65. The van der Waals surface area contributed by atoms with Crippen LogP contribution in [-0.4, -0.2) is 43.7 Å². The van der Waals surface area contributed by atoms with E-state index in [1.165, 1.54) is 0 Å². The molecule has 3 atom stereocenters. The number of nitriles is 1. The zero-order valence-corrected chi connectivity index (χ0v) is 18.7. The molecule has 3 aromatic rings. The van der Waals surface area contributed by atoms with Crippen molar-refractivity contribution >= 4 is 16.8 Å². The molecule has 164 valence electrons. The molecule has 0 spiro atoms. The first-order valence-electron chi connectivity index (χ1n) is 11.4. The first-order valence-corrected chi connectivity index (χ1v) is 11.4. The molecule has 2 saturated heterocycles. The topological polar surface area (TPSA) is 86.8 Å². The minimum atomic E-state index is -0.0881. The van der Waals surface area contributed by atoms with Crippen molar-refractivity contribution < 1.29 is 4.79 Å². The maximum atomic E-state index is 13.1. The van der Waals surface area contributed by atoms with Gasteiger partial charge in [0.15, 0.2) is 6.19 Å². The average Bonchev–Trinajstić information content (AvgIpc) is 3.43. The summed E-state index contributed by atoms with van der Waals surface area (Å²) in [7, 11) is 0. The Balaban J connectivity index is 1.47. The molecule has 2 fully saturated rings. The van der Waals surface area contributed by atoms with Gasteiger partial charge < -0.3 is 10.2 Å². The standard InChI is InChI=1S/C25H28N6O/c1-15(2)13-31-23-11-17(25(32)28-21-12-18-8-10-22(21)30(18)14-26)7-9-19(23)24(29-31)20-6-4-5-16(3)27-20/h4-7,9,11,15,18,21-22H,8,10,12-13H2,1-3H3,(H,28,32)/t18-,21+,22+/m0/s1.